The minimum Gasteiger partial charge on any atom is -0.465 e. The Kier molecular flexibility index (Phi) is 5.72. The molecule has 0 aliphatic heterocycles. The second-order valence-corrected chi connectivity index (χ2v) is 4.18. The van der Waals surface area contributed by atoms with E-state index in [-0.39, 0.29) is 24.0 Å². The summed E-state index contributed by atoms with van der Waals surface area (Å²) in [5.41, 5.74) is -0.208. The van der Waals surface area contributed by atoms with Crippen LogP contribution in [0.2, 0.25) is 0 Å². The second-order valence-electron chi connectivity index (χ2n) is 4.18. The zero-order chi connectivity index (χ0) is 11.2. The lowest BCUT2D eigenvalue weighted by Crippen LogP contribution is -2.42. The van der Waals surface area contributed by atoms with Crippen molar-refractivity contribution in [2.75, 3.05) is 19.8 Å². The Morgan fingerprint density at radius 2 is 2.14 bits per heavy atom. The molecule has 0 saturated carbocycles. The molecule has 0 saturated heterocycles. The average molecular weight is 203 g/mol. The zero-order valence-electron chi connectivity index (χ0n) is 9.46. The Bertz CT molecular complexity index is 180. The average Bonchev–Trinajstić information content (AvgIpc) is 2.15. The summed E-state index contributed by atoms with van der Waals surface area (Å²) in [6, 6.07) is -0.319. The van der Waals surface area contributed by atoms with Gasteiger partial charge in [0, 0.05) is 18.6 Å². The van der Waals surface area contributed by atoms with Crippen molar-refractivity contribution in [2.24, 2.45) is 5.41 Å². The molecule has 0 amide bonds. The monoisotopic (exact) mass is 203 g/mol. The van der Waals surface area contributed by atoms with Crippen LogP contribution in [0.15, 0.2) is 0 Å². The molecule has 2 N–H and O–H groups in total. The lowest BCUT2D eigenvalue weighted by molar-refractivity contribution is -0.145. The molecule has 0 rings (SSSR count). The normalized spacial score (nSPS) is 13.8. The van der Waals surface area contributed by atoms with E-state index in [9.17, 15) is 4.79 Å². The number of ether oxygens (including phenoxy) is 1. The molecule has 0 fully saturated rings. The third-order valence-electron chi connectivity index (χ3n) is 1.95. The van der Waals surface area contributed by atoms with Gasteiger partial charge < -0.3 is 15.2 Å². The van der Waals surface area contributed by atoms with E-state index in [1.165, 1.54) is 0 Å². The topological polar surface area (TPSA) is 58.6 Å². The molecule has 0 aromatic rings. The molecule has 0 heterocycles. The first-order chi connectivity index (χ1) is 6.43. The van der Waals surface area contributed by atoms with Crippen LogP contribution in [0.25, 0.3) is 0 Å². The summed E-state index contributed by atoms with van der Waals surface area (Å²) in [5.74, 6) is -0.249. The Hall–Kier alpha value is -0.610. The molecule has 0 aromatic heterocycles. The maximum atomic E-state index is 11.2. The standard InChI is InChI=1S/C10H21NO3/c1-5-14-9(13)8(2)11-6-10(3,4)7-12/h8,11-12H,5-7H2,1-4H3. The highest BCUT2D eigenvalue weighted by Gasteiger charge is 2.20. The van der Waals surface area contributed by atoms with Gasteiger partial charge in [-0.3, -0.25) is 4.79 Å². The third-order valence-corrected chi connectivity index (χ3v) is 1.95. The second kappa shape index (κ2) is 5.98. The zero-order valence-corrected chi connectivity index (χ0v) is 9.46. The molecule has 4 nitrogen and oxygen atoms in total. The van der Waals surface area contributed by atoms with Crippen LogP contribution >= 0.6 is 0 Å². The van der Waals surface area contributed by atoms with E-state index in [4.69, 9.17) is 9.84 Å². The number of aliphatic hydroxyl groups excluding tert-OH is 1. The smallest absolute Gasteiger partial charge is 0.322 e. The maximum Gasteiger partial charge on any atom is 0.322 e. The van der Waals surface area contributed by atoms with E-state index in [2.05, 4.69) is 5.32 Å². The summed E-state index contributed by atoms with van der Waals surface area (Å²) < 4.78 is 4.84. The van der Waals surface area contributed by atoms with Gasteiger partial charge in [-0.1, -0.05) is 13.8 Å². The molecule has 4 heteroatoms. The van der Waals surface area contributed by atoms with Gasteiger partial charge in [0.15, 0.2) is 0 Å². The fourth-order valence-electron chi connectivity index (χ4n) is 0.836. The van der Waals surface area contributed by atoms with E-state index in [0.29, 0.717) is 13.2 Å². The summed E-state index contributed by atoms with van der Waals surface area (Å²) in [7, 11) is 0. The minimum absolute atomic E-state index is 0.0928. The third kappa shape index (κ3) is 5.19. The largest absolute Gasteiger partial charge is 0.465 e. The number of hydrogen-bond donors (Lipinski definition) is 2. The van der Waals surface area contributed by atoms with E-state index >= 15 is 0 Å². The molecule has 1 unspecified atom stereocenters. The van der Waals surface area contributed by atoms with Gasteiger partial charge in [0.05, 0.1) is 6.61 Å². The summed E-state index contributed by atoms with van der Waals surface area (Å²) in [6.07, 6.45) is 0. The van der Waals surface area contributed by atoms with Crippen molar-refractivity contribution in [2.45, 2.75) is 33.7 Å². The molecule has 0 aliphatic rings. The molecule has 0 bridgehead atoms. The fraction of sp³-hybridized carbons (Fsp3) is 0.900. The Labute approximate surface area is 85.6 Å². The molecule has 84 valence electrons. The predicted octanol–water partition coefficient (Wildman–Crippen LogP) is 0.546. The van der Waals surface area contributed by atoms with Crippen molar-refractivity contribution < 1.29 is 14.6 Å². The first-order valence-corrected chi connectivity index (χ1v) is 4.94. The van der Waals surface area contributed by atoms with Gasteiger partial charge in [-0.2, -0.15) is 0 Å². The number of aliphatic hydroxyl groups is 1. The number of rotatable bonds is 6. The highest BCUT2D eigenvalue weighted by Crippen LogP contribution is 2.11. The predicted molar refractivity (Wildman–Crippen MR) is 55.0 cm³/mol. The molecule has 0 spiro atoms. The number of hydrogen-bond acceptors (Lipinski definition) is 4. The minimum atomic E-state index is -0.319. The van der Waals surface area contributed by atoms with Gasteiger partial charge in [0.1, 0.15) is 6.04 Å². The molecule has 0 aliphatic carbocycles. The number of esters is 1. The number of carbonyl (C=O) groups is 1. The van der Waals surface area contributed by atoms with Crippen LogP contribution in [0, 0.1) is 5.41 Å². The van der Waals surface area contributed by atoms with Gasteiger partial charge in [0.25, 0.3) is 0 Å². The Morgan fingerprint density at radius 3 is 2.57 bits per heavy atom. The molecular formula is C10H21NO3. The van der Waals surface area contributed by atoms with E-state index in [0.717, 1.165) is 0 Å². The highest BCUT2D eigenvalue weighted by molar-refractivity contribution is 5.75. The molecule has 1 atom stereocenters. The quantitative estimate of drug-likeness (QED) is 0.619. The van der Waals surface area contributed by atoms with Gasteiger partial charge in [0.2, 0.25) is 0 Å². The van der Waals surface area contributed by atoms with E-state index in [1.807, 2.05) is 13.8 Å². The van der Waals surface area contributed by atoms with Gasteiger partial charge in [-0.05, 0) is 13.8 Å². The molecular weight excluding hydrogens is 182 g/mol. The lowest BCUT2D eigenvalue weighted by Gasteiger charge is -2.24. The first-order valence-electron chi connectivity index (χ1n) is 4.94. The van der Waals surface area contributed by atoms with Crippen LogP contribution in [0.4, 0.5) is 0 Å². The Morgan fingerprint density at radius 1 is 1.57 bits per heavy atom. The summed E-state index contributed by atoms with van der Waals surface area (Å²) in [4.78, 5) is 11.2. The van der Waals surface area contributed by atoms with Crippen LogP contribution < -0.4 is 5.32 Å². The van der Waals surface area contributed by atoms with Gasteiger partial charge in [-0.15, -0.1) is 0 Å². The van der Waals surface area contributed by atoms with Crippen molar-refractivity contribution in [3.8, 4) is 0 Å². The van der Waals surface area contributed by atoms with E-state index < -0.39 is 0 Å². The summed E-state index contributed by atoms with van der Waals surface area (Å²) in [5, 5.41) is 12.0. The van der Waals surface area contributed by atoms with Crippen LogP contribution in [0.3, 0.4) is 0 Å². The van der Waals surface area contributed by atoms with Crippen molar-refractivity contribution in [3.63, 3.8) is 0 Å². The SMILES string of the molecule is CCOC(=O)C(C)NCC(C)(C)CO. The van der Waals surface area contributed by atoms with Crippen molar-refractivity contribution in [1.29, 1.82) is 0 Å². The van der Waals surface area contributed by atoms with Gasteiger partial charge >= 0.3 is 5.97 Å². The van der Waals surface area contributed by atoms with Crippen LogP contribution in [0.1, 0.15) is 27.7 Å². The number of nitrogens with one attached hydrogen (secondary N) is 1. The van der Waals surface area contributed by atoms with Crippen molar-refractivity contribution in [3.05, 3.63) is 0 Å². The van der Waals surface area contributed by atoms with Crippen molar-refractivity contribution in [1.82, 2.24) is 5.32 Å². The van der Waals surface area contributed by atoms with Crippen LogP contribution in [-0.4, -0.2) is 36.9 Å². The van der Waals surface area contributed by atoms with Crippen LogP contribution in [0.5, 0.6) is 0 Å². The fourth-order valence-corrected chi connectivity index (χ4v) is 0.836. The van der Waals surface area contributed by atoms with Gasteiger partial charge in [-0.25, -0.2) is 0 Å². The highest BCUT2D eigenvalue weighted by atomic mass is 16.5. The number of carbonyl (C=O) groups excluding carboxylic acids is 1. The van der Waals surface area contributed by atoms with Crippen LogP contribution in [-0.2, 0) is 9.53 Å². The van der Waals surface area contributed by atoms with E-state index in [1.54, 1.807) is 13.8 Å². The molecule has 0 aromatic carbocycles. The summed E-state index contributed by atoms with van der Waals surface area (Å²) in [6.45, 7) is 8.47. The lowest BCUT2D eigenvalue weighted by atomic mass is 9.95. The summed E-state index contributed by atoms with van der Waals surface area (Å²) >= 11 is 0. The van der Waals surface area contributed by atoms with Crippen molar-refractivity contribution >= 4 is 5.97 Å². The molecule has 0 radical (unpaired) electrons. The Balaban J connectivity index is 3.84. The molecule has 14 heavy (non-hydrogen) atoms. The maximum absolute atomic E-state index is 11.2. The first kappa shape index (κ1) is 13.4.